The molecule has 0 spiro atoms. The van der Waals surface area contributed by atoms with E-state index in [9.17, 15) is 4.39 Å². The fourth-order valence-corrected chi connectivity index (χ4v) is 2.55. The van der Waals surface area contributed by atoms with Gasteiger partial charge in [-0.2, -0.15) is 5.10 Å². The first-order valence-electron chi connectivity index (χ1n) is 5.63. The van der Waals surface area contributed by atoms with Crippen LogP contribution in [0.2, 0.25) is 0 Å². The fraction of sp³-hybridized carbons (Fsp3) is 0.727. The molecule has 82 valence electrons. The number of nitrogen functional groups attached to an aromatic ring is 1. The number of nitrogens with zero attached hydrogens (tertiary/aromatic N) is 2. The summed E-state index contributed by atoms with van der Waals surface area (Å²) in [5.74, 6) is 2.32. The summed E-state index contributed by atoms with van der Waals surface area (Å²) in [6.45, 7) is 0. The maximum absolute atomic E-state index is 13.5. The minimum atomic E-state index is -0.307. The zero-order chi connectivity index (χ0) is 10.6. The Morgan fingerprint density at radius 3 is 2.80 bits per heavy atom. The summed E-state index contributed by atoms with van der Waals surface area (Å²) in [6.07, 6.45) is 4.81. The van der Waals surface area contributed by atoms with Crippen LogP contribution in [0, 0.1) is 23.6 Å². The molecule has 2 atom stereocenters. The van der Waals surface area contributed by atoms with Crippen molar-refractivity contribution in [3.05, 3.63) is 11.5 Å². The Labute approximate surface area is 88.5 Å². The summed E-state index contributed by atoms with van der Waals surface area (Å²) < 4.78 is 15.0. The van der Waals surface area contributed by atoms with E-state index in [0.717, 1.165) is 18.3 Å². The number of aryl methyl sites for hydroxylation is 1. The fourth-order valence-electron chi connectivity index (χ4n) is 2.55. The minimum Gasteiger partial charge on any atom is -0.381 e. The van der Waals surface area contributed by atoms with Crippen LogP contribution in [0.1, 0.15) is 25.0 Å². The summed E-state index contributed by atoms with van der Waals surface area (Å²) in [7, 11) is 1.69. The van der Waals surface area contributed by atoms with E-state index < -0.39 is 0 Å². The van der Waals surface area contributed by atoms with E-state index in [1.807, 2.05) is 0 Å². The zero-order valence-corrected chi connectivity index (χ0v) is 8.91. The monoisotopic (exact) mass is 209 g/mol. The van der Waals surface area contributed by atoms with Crippen LogP contribution in [0.3, 0.4) is 0 Å². The largest absolute Gasteiger partial charge is 0.381 e. The highest BCUT2D eigenvalue weighted by atomic mass is 19.1. The van der Waals surface area contributed by atoms with E-state index >= 15 is 0 Å². The Morgan fingerprint density at radius 1 is 1.53 bits per heavy atom. The van der Waals surface area contributed by atoms with Gasteiger partial charge < -0.3 is 5.73 Å². The highest BCUT2D eigenvalue weighted by Gasteiger charge is 2.47. The van der Waals surface area contributed by atoms with Crippen LogP contribution in [0.4, 0.5) is 10.2 Å². The first kappa shape index (κ1) is 9.19. The van der Waals surface area contributed by atoms with Crippen molar-refractivity contribution >= 4 is 5.82 Å². The number of hydrogen-bond donors (Lipinski definition) is 1. The molecule has 3 rings (SSSR count). The van der Waals surface area contributed by atoms with Crippen molar-refractivity contribution in [3.63, 3.8) is 0 Å². The van der Waals surface area contributed by atoms with Crippen molar-refractivity contribution in [2.75, 3.05) is 5.73 Å². The molecule has 2 fully saturated rings. The number of anilines is 1. The quantitative estimate of drug-likeness (QED) is 0.824. The molecule has 2 aliphatic carbocycles. The van der Waals surface area contributed by atoms with Crippen molar-refractivity contribution in [1.29, 1.82) is 0 Å². The predicted molar refractivity (Wildman–Crippen MR) is 55.6 cm³/mol. The first-order valence-corrected chi connectivity index (χ1v) is 5.63. The van der Waals surface area contributed by atoms with E-state index in [4.69, 9.17) is 5.73 Å². The highest BCUT2D eigenvalue weighted by molar-refractivity contribution is 5.33. The van der Waals surface area contributed by atoms with E-state index in [2.05, 4.69) is 5.10 Å². The average molecular weight is 209 g/mol. The number of hydrogen-bond acceptors (Lipinski definition) is 2. The summed E-state index contributed by atoms with van der Waals surface area (Å²) in [5.41, 5.74) is 6.09. The predicted octanol–water partition coefficient (Wildman–Crippen LogP) is 1.73. The van der Waals surface area contributed by atoms with E-state index in [1.54, 1.807) is 7.05 Å². The second-order valence-corrected chi connectivity index (χ2v) is 4.97. The SMILES string of the molecule is Cn1nc(CC2CC2C2CC2)c(F)c1N. The minimum absolute atomic E-state index is 0.161. The maximum atomic E-state index is 13.5. The van der Waals surface area contributed by atoms with Crippen molar-refractivity contribution in [3.8, 4) is 0 Å². The smallest absolute Gasteiger partial charge is 0.188 e. The van der Waals surface area contributed by atoms with Crippen LogP contribution in [-0.2, 0) is 13.5 Å². The lowest BCUT2D eigenvalue weighted by atomic mass is 10.1. The molecule has 2 unspecified atom stereocenters. The third kappa shape index (κ3) is 1.52. The first-order chi connectivity index (χ1) is 7.16. The van der Waals surface area contributed by atoms with Gasteiger partial charge in [-0.05, 0) is 43.4 Å². The Morgan fingerprint density at radius 2 is 2.27 bits per heavy atom. The van der Waals surface area contributed by atoms with E-state index in [1.165, 1.54) is 23.9 Å². The lowest BCUT2D eigenvalue weighted by molar-refractivity contribution is 0.578. The highest BCUT2D eigenvalue weighted by Crippen LogP contribution is 2.55. The Hall–Kier alpha value is -1.06. The van der Waals surface area contributed by atoms with Gasteiger partial charge in [0, 0.05) is 7.05 Å². The third-order valence-corrected chi connectivity index (χ3v) is 3.76. The van der Waals surface area contributed by atoms with Gasteiger partial charge in [0.05, 0.1) is 0 Å². The molecule has 2 N–H and O–H groups in total. The van der Waals surface area contributed by atoms with Gasteiger partial charge in [-0.25, -0.2) is 4.39 Å². The van der Waals surface area contributed by atoms with Crippen LogP contribution in [-0.4, -0.2) is 9.78 Å². The van der Waals surface area contributed by atoms with Crippen molar-refractivity contribution < 1.29 is 4.39 Å². The second-order valence-electron chi connectivity index (χ2n) is 4.97. The number of nitrogens with two attached hydrogens (primary N) is 1. The number of halogens is 1. The van der Waals surface area contributed by atoms with Gasteiger partial charge in [0.15, 0.2) is 11.6 Å². The van der Waals surface area contributed by atoms with Gasteiger partial charge in [0.25, 0.3) is 0 Å². The van der Waals surface area contributed by atoms with Crippen molar-refractivity contribution in [1.82, 2.24) is 9.78 Å². The van der Waals surface area contributed by atoms with Gasteiger partial charge in [-0.3, -0.25) is 4.68 Å². The molecule has 3 nitrogen and oxygen atoms in total. The Kier molecular flexibility index (Phi) is 1.82. The van der Waals surface area contributed by atoms with Crippen LogP contribution in [0.15, 0.2) is 0 Å². The van der Waals surface area contributed by atoms with Crippen molar-refractivity contribution in [2.45, 2.75) is 25.7 Å². The number of rotatable bonds is 3. The molecule has 4 heteroatoms. The molecule has 1 aromatic heterocycles. The molecule has 2 saturated carbocycles. The molecular weight excluding hydrogens is 193 g/mol. The topological polar surface area (TPSA) is 43.8 Å². The summed E-state index contributed by atoms with van der Waals surface area (Å²) in [4.78, 5) is 0. The standard InChI is InChI=1S/C11H16FN3/c1-15-11(13)10(12)9(14-15)5-7-4-8(7)6-2-3-6/h6-8H,2-5,13H2,1H3. The maximum Gasteiger partial charge on any atom is 0.188 e. The van der Waals surface area contributed by atoms with Crippen LogP contribution in [0.5, 0.6) is 0 Å². The summed E-state index contributed by atoms with van der Waals surface area (Å²) in [5, 5.41) is 4.12. The molecule has 0 radical (unpaired) electrons. The normalized spacial score (nSPS) is 29.5. The molecule has 15 heavy (non-hydrogen) atoms. The second kappa shape index (κ2) is 2.97. The summed E-state index contributed by atoms with van der Waals surface area (Å²) in [6, 6.07) is 0. The lowest BCUT2D eigenvalue weighted by Gasteiger charge is -1.95. The molecule has 2 aliphatic rings. The van der Waals surface area contributed by atoms with Gasteiger partial charge in [-0.15, -0.1) is 0 Å². The average Bonchev–Trinajstić information content (AvgIpc) is 3.04. The van der Waals surface area contributed by atoms with E-state index in [0.29, 0.717) is 11.6 Å². The third-order valence-electron chi connectivity index (χ3n) is 3.76. The molecule has 1 heterocycles. The Balaban J connectivity index is 1.69. The molecule has 0 amide bonds. The van der Waals surface area contributed by atoms with Crippen LogP contribution >= 0.6 is 0 Å². The zero-order valence-electron chi connectivity index (χ0n) is 8.91. The molecule has 0 aromatic carbocycles. The summed E-state index contributed by atoms with van der Waals surface area (Å²) >= 11 is 0. The lowest BCUT2D eigenvalue weighted by Crippen LogP contribution is -1.98. The van der Waals surface area contributed by atoms with Gasteiger partial charge >= 0.3 is 0 Å². The molecule has 0 saturated heterocycles. The van der Waals surface area contributed by atoms with Crippen molar-refractivity contribution in [2.24, 2.45) is 24.8 Å². The van der Waals surface area contributed by atoms with Gasteiger partial charge in [0.2, 0.25) is 0 Å². The molecule has 0 bridgehead atoms. The van der Waals surface area contributed by atoms with E-state index in [-0.39, 0.29) is 11.6 Å². The molecule has 0 aliphatic heterocycles. The van der Waals surface area contributed by atoms with Gasteiger partial charge in [-0.1, -0.05) is 0 Å². The van der Waals surface area contributed by atoms with Crippen LogP contribution in [0.25, 0.3) is 0 Å². The number of aromatic nitrogens is 2. The Bertz CT molecular complexity index is 395. The van der Waals surface area contributed by atoms with Gasteiger partial charge in [0.1, 0.15) is 5.69 Å². The van der Waals surface area contributed by atoms with Crippen LogP contribution < -0.4 is 5.73 Å². The molecule has 1 aromatic rings. The molecular formula is C11H16FN3.